The van der Waals surface area contributed by atoms with E-state index in [1.165, 1.54) is 25.7 Å². The second kappa shape index (κ2) is 14.9. The Balaban J connectivity index is 0. The van der Waals surface area contributed by atoms with Crippen molar-refractivity contribution in [2.45, 2.75) is 25.7 Å². The molecule has 0 nitrogen and oxygen atoms in total. The largest absolute Gasteiger partial charge is 3.00 e. The van der Waals surface area contributed by atoms with E-state index in [-0.39, 0.29) is 31.9 Å². The van der Waals surface area contributed by atoms with Crippen LogP contribution in [0.3, 0.4) is 0 Å². The van der Waals surface area contributed by atoms with E-state index < -0.39 is 0 Å². The van der Waals surface area contributed by atoms with Gasteiger partial charge in [-0.05, 0) is 83.5 Å². The van der Waals surface area contributed by atoms with Gasteiger partial charge in [-0.1, -0.05) is 0 Å². The first kappa shape index (κ1) is 18.3. The molecule has 0 atom stereocenters. The van der Waals surface area contributed by atoms with Crippen LogP contribution in [0.4, 0.5) is 0 Å². The molecule has 10 radical (unpaired) electrons. The smallest absolute Gasteiger partial charge is 1.00 e. The summed E-state index contributed by atoms with van der Waals surface area (Å²) in [6, 6.07) is 0. The molecule has 0 aliphatic heterocycles. The third-order valence-corrected chi connectivity index (χ3v) is 1.89. The van der Waals surface area contributed by atoms with Gasteiger partial charge < -0.3 is 12.4 Å². The molecule has 0 unspecified atom stereocenters. The zero-order chi connectivity index (χ0) is 9.19. The van der Waals surface area contributed by atoms with Crippen LogP contribution in [0, 0.1) is 57.8 Å². The minimum atomic E-state index is 0. The van der Waals surface area contributed by atoms with Crippen LogP contribution in [0.2, 0.25) is 0 Å². The number of rotatable bonds is 0. The van der Waals surface area contributed by atoms with Gasteiger partial charge in [-0.15, -0.1) is 0 Å². The molecule has 0 N–H and O–H groups in total. The Bertz CT molecular complexity index is 71.1. The Morgan fingerprint density at radius 1 is 0.467 bits per heavy atom. The van der Waals surface area contributed by atoms with Crippen LogP contribution in [0.5, 0.6) is 0 Å². The van der Waals surface area contributed by atoms with Crippen LogP contribution >= 0.6 is 0 Å². The zero-order valence-electron chi connectivity index (χ0n) is 8.76. The molecule has 15 heavy (non-hydrogen) atoms. The third-order valence-electron chi connectivity index (χ3n) is 1.89. The van der Waals surface area contributed by atoms with Crippen LogP contribution < -0.4 is 12.4 Å². The van der Waals surface area contributed by atoms with Crippen molar-refractivity contribution >= 4 is 0 Å². The van der Waals surface area contributed by atoms with Gasteiger partial charge in [0.1, 0.15) is 0 Å². The van der Waals surface area contributed by atoms with Gasteiger partial charge in [-0.25, -0.2) is 0 Å². The first-order valence-corrected chi connectivity index (χ1v) is 4.97. The van der Waals surface area contributed by atoms with Crippen LogP contribution in [0.25, 0.3) is 0 Å². The molecular weight excluding hydrogens is 293 g/mol. The molecule has 2 aliphatic carbocycles. The van der Waals surface area contributed by atoms with Crippen molar-refractivity contribution in [2.24, 2.45) is 0 Å². The molecule has 0 aromatic rings. The predicted molar refractivity (Wildman–Crippen MR) is 57.2 cm³/mol. The maximum absolute atomic E-state index is 2.27. The Morgan fingerprint density at radius 2 is 0.667 bits per heavy atom. The molecule has 0 bridgehead atoms. The monoisotopic (exact) mass is 310 g/mol. The summed E-state index contributed by atoms with van der Waals surface area (Å²) in [5.74, 6) is 0. The fraction of sp³-hybridized carbons (Fsp3) is 0.308. The van der Waals surface area contributed by atoms with E-state index in [9.17, 15) is 0 Å². The Labute approximate surface area is 115 Å². The maximum Gasteiger partial charge on any atom is 3.00 e. The first-order valence-electron chi connectivity index (χ1n) is 4.97. The van der Waals surface area contributed by atoms with E-state index in [0.717, 1.165) is 0 Å². The summed E-state index contributed by atoms with van der Waals surface area (Å²) in [6.45, 7) is 0. The van der Waals surface area contributed by atoms with Crippen molar-refractivity contribution in [1.29, 1.82) is 0 Å². The van der Waals surface area contributed by atoms with Crippen LogP contribution in [-0.4, -0.2) is 0 Å². The van der Waals surface area contributed by atoms with E-state index in [4.69, 9.17) is 0 Å². The van der Waals surface area contributed by atoms with E-state index >= 15 is 0 Å². The molecular formula is C13H17ClRu+2. The molecule has 0 spiro atoms. The van der Waals surface area contributed by atoms with Gasteiger partial charge in [0, 0.05) is 0 Å². The van der Waals surface area contributed by atoms with Crippen molar-refractivity contribution in [1.82, 2.24) is 0 Å². The molecule has 0 amide bonds. The topological polar surface area (TPSA) is 0 Å². The SMILES string of the molecule is [CH]1[CH]CC[CH][CH]CC1.[CH]1[CH][CH][CH][CH]1.[Cl-].[Ru+3]. The van der Waals surface area contributed by atoms with Crippen molar-refractivity contribution in [3.63, 3.8) is 0 Å². The molecule has 2 heteroatoms. The summed E-state index contributed by atoms with van der Waals surface area (Å²) < 4.78 is 0. The maximum atomic E-state index is 2.27. The van der Waals surface area contributed by atoms with Gasteiger partial charge in [-0.3, -0.25) is 0 Å². The van der Waals surface area contributed by atoms with Gasteiger partial charge in [0.05, 0.1) is 0 Å². The van der Waals surface area contributed by atoms with Crippen LogP contribution in [0.1, 0.15) is 25.7 Å². The standard InChI is InChI=1S/C8H12.C5H5.ClH.Ru/c1-2-4-6-8-7-5-3-1;1-2-4-5-3-1;;/h1-2,7-8H,3-6H2;1-5H;1H;/q;;;+3/p-1. The summed E-state index contributed by atoms with van der Waals surface area (Å²) in [7, 11) is 0. The Morgan fingerprint density at radius 3 is 0.867 bits per heavy atom. The van der Waals surface area contributed by atoms with E-state index in [1.54, 1.807) is 0 Å². The summed E-state index contributed by atoms with van der Waals surface area (Å²) in [6.07, 6.45) is 24.0. The number of hydrogen-bond acceptors (Lipinski definition) is 0. The van der Waals surface area contributed by atoms with Gasteiger partial charge in [-0.2, -0.15) is 0 Å². The summed E-state index contributed by atoms with van der Waals surface area (Å²) in [5.41, 5.74) is 0. The molecule has 0 heterocycles. The molecule has 0 aromatic carbocycles. The zero-order valence-corrected chi connectivity index (χ0v) is 11.3. The third kappa shape index (κ3) is 12.8. The molecule has 2 aliphatic rings. The Kier molecular flexibility index (Phi) is 18.2. The second-order valence-electron chi connectivity index (χ2n) is 3.06. The van der Waals surface area contributed by atoms with Crippen molar-refractivity contribution in [2.75, 3.05) is 0 Å². The fourth-order valence-electron chi connectivity index (χ4n) is 1.18. The average molecular weight is 310 g/mol. The first-order chi connectivity index (χ1) is 6.50. The van der Waals surface area contributed by atoms with Gasteiger partial charge in [0.25, 0.3) is 0 Å². The quantitative estimate of drug-likeness (QED) is 0.568. The van der Waals surface area contributed by atoms with Crippen LogP contribution in [0.15, 0.2) is 0 Å². The fourth-order valence-corrected chi connectivity index (χ4v) is 1.18. The van der Waals surface area contributed by atoms with Gasteiger partial charge >= 0.3 is 19.5 Å². The summed E-state index contributed by atoms with van der Waals surface area (Å²) in [4.78, 5) is 0. The minimum Gasteiger partial charge on any atom is -1.00 e. The Hall–Kier alpha value is 0.913. The number of halogens is 1. The van der Waals surface area contributed by atoms with Crippen LogP contribution in [-0.2, 0) is 19.5 Å². The molecule has 0 aromatic heterocycles. The second-order valence-corrected chi connectivity index (χ2v) is 3.06. The van der Waals surface area contributed by atoms with Crippen molar-refractivity contribution in [3.05, 3.63) is 57.8 Å². The minimum absolute atomic E-state index is 0. The molecule has 2 rings (SSSR count). The van der Waals surface area contributed by atoms with Crippen molar-refractivity contribution < 1.29 is 31.9 Å². The van der Waals surface area contributed by atoms with E-state index in [2.05, 4.69) is 25.7 Å². The molecule has 0 saturated heterocycles. The predicted octanol–water partition coefficient (Wildman–Crippen LogP) is 0.401. The van der Waals surface area contributed by atoms with Crippen molar-refractivity contribution in [3.8, 4) is 0 Å². The summed E-state index contributed by atoms with van der Waals surface area (Å²) in [5, 5.41) is 0. The van der Waals surface area contributed by atoms with E-state index in [0.29, 0.717) is 0 Å². The van der Waals surface area contributed by atoms with Gasteiger partial charge in [0.15, 0.2) is 0 Å². The van der Waals surface area contributed by atoms with Gasteiger partial charge in [0.2, 0.25) is 0 Å². The molecule has 2 saturated carbocycles. The number of hydrogen-bond donors (Lipinski definition) is 0. The average Bonchev–Trinajstić information content (AvgIpc) is 2.58. The normalized spacial score (nSPS) is 20.8. The molecule has 2 fully saturated rings. The van der Waals surface area contributed by atoms with E-state index in [1.807, 2.05) is 32.1 Å². The summed E-state index contributed by atoms with van der Waals surface area (Å²) >= 11 is 0. The molecule has 82 valence electrons.